The van der Waals surface area contributed by atoms with Crippen molar-refractivity contribution in [3.05, 3.63) is 94.3 Å². The molecule has 3 aromatic rings. The molecule has 0 bridgehead atoms. The summed E-state index contributed by atoms with van der Waals surface area (Å²) in [6.07, 6.45) is 0.143. The van der Waals surface area contributed by atoms with E-state index < -0.39 is 27.8 Å². The highest BCUT2D eigenvalue weighted by Crippen LogP contribution is 2.23. The van der Waals surface area contributed by atoms with Crippen LogP contribution >= 0.6 is 0 Å². The summed E-state index contributed by atoms with van der Waals surface area (Å²) in [6.45, 7) is 7.11. The number of hydrogen-bond acceptors (Lipinski definition) is 3. The van der Waals surface area contributed by atoms with Gasteiger partial charge in [-0.2, -0.15) is 4.72 Å². The molecule has 32 heavy (non-hydrogen) atoms. The Bertz CT molecular complexity index is 1220. The lowest BCUT2D eigenvalue weighted by Gasteiger charge is -2.21. The van der Waals surface area contributed by atoms with Crippen LogP contribution in [0.25, 0.3) is 0 Å². The van der Waals surface area contributed by atoms with E-state index in [1.807, 2.05) is 37.3 Å². The molecule has 3 aromatic carbocycles. The van der Waals surface area contributed by atoms with Gasteiger partial charge in [-0.05, 0) is 68.5 Å². The van der Waals surface area contributed by atoms with E-state index in [1.165, 1.54) is 12.1 Å². The van der Waals surface area contributed by atoms with Crippen LogP contribution in [0.5, 0.6) is 0 Å². The number of hydrogen-bond donors (Lipinski definition) is 2. The van der Waals surface area contributed by atoms with Crippen LogP contribution in [0, 0.1) is 33.5 Å². The molecule has 1 atom stereocenters. The maximum Gasteiger partial charge on any atom is 0.242 e. The van der Waals surface area contributed by atoms with Gasteiger partial charge in [0.1, 0.15) is 11.9 Å². The molecular weight excluding hydrogens is 427 g/mol. The van der Waals surface area contributed by atoms with Crippen molar-refractivity contribution in [1.29, 1.82) is 0 Å². The smallest absolute Gasteiger partial charge is 0.242 e. The van der Waals surface area contributed by atoms with Crippen LogP contribution in [0.1, 0.15) is 27.8 Å². The van der Waals surface area contributed by atoms with Crippen molar-refractivity contribution < 1.29 is 17.6 Å². The summed E-state index contributed by atoms with van der Waals surface area (Å²) in [5, 5.41) is 2.68. The predicted octanol–water partition coefficient (Wildman–Crippen LogP) is 4.59. The van der Waals surface area contributed by atoms with Gasteiger partial charge in [-0.15, -0.1) is 0 Å². The number of halogens is 1. The Morgan fingerprint density at radius 3 is 2.16 bits per heavy atom. The predicted molar refractivity (Wildman–Crippen MR) is 125 cm³/mol. The molecule has 1 unspecified atom stereocenters. The second-order valence-electron chi connectivity index (χ2n) is 8.04. The minimum absolute atomic E-state index is 0.143. The first-order valence-electron chi connectivity index (χ1n) is 10.3. The topological polar surface area (TPSA) is 75.3 Å². The molecule has 0 saturated carbocycles. The highest BCUT2D eigenvalue weighted by atomic mass is 32.2. The zero-order valence-electron chi connectivity index (χ0n) is 18.6. The van der Waals surface area contributed by atoms with Crippen molar-refractivity contribution >= 4 is 21.6 Å². The maximum atomic E-state index is 13.7. The van der Waals surface area contributed by atoms with Crippen LogP contribution in [0.4, 0.5) is 10.1 Å². The normalized spacial score (nSPS) is 12.4. The summed E-state index contributed by atoms with van der Waals surface area (Å²) in [5.74, 6) is -1.05. The van der Waals surface area contributed by atoms with Crippen molar-refractivity contribution in [1.82, 2.24) is 4.72 Å². The molecular formula is C25H27FN2O3S. The molecule has 0 aromatic heterocycles. The quantitative estimate of drug-likeness (QED) is 0.548. The van der Waals surface area contributed by atoms with E-state index in [-0.39, 0.29) is 11.3 Å². The van der Waals surface area contributed by atoms with E-state index >= 15 is 0 Å². The summed E-state index contributed by atoms with van der Waals surface area (Å²) in [7, 11) is -4.00. The third-order valence-electron chi connectivity index (χ3n) is 5.23. The van der Waals surface area contributed by atoms with Crippen LogP contribution in [0.2, 0.25) is 0 Å². The SMILES string of the molecule is Cc1cc(C)c(S(=O)(=O)NC(Cc2ccccc2)C(=O)Nc2cc(F)ccc2C)c(C)c1. The van der Waals surface area contributed by atoms with Gasteiger partial charge in [-0.25, -0.2) is 12.8 Å². The zero-order chi connectivity index (χ0) is 23.5. The van der Waals surface area contributed by atoms with Crippen LogP contribution in [-0.4, -0.2) is 20.4 Å². The molecule has 0 spiro atoms. The number of aryl methyl sites for hydroxylation is 4. The van der Waals surface area contributed by atoms with Gasteiger partial charge in [-0.1, -0.05) is 54.1 Å². The minimum Gasteiger partial charge on any atom is -0.324 e. The van der Waals surface area contributed by atoms with E-state index in [2.05, 4.69) is 10.0 Å². The first-order valence-corrected chi connectivity index (χ1v) is 11.8. The van der Waals surface area contributed by atoms with E-state index in [9.17, 15) is 17.6 Å². The monoisotopic (exact) mass is 454 g/mol. The Kier molecular flexibility index (Phi) is 7.11. The lowest BCUT2D eigenvalue weighted by molar-refractivity contribution is -0.117. The van der Waals surface area contributed by atoms with Crippen molar-refractivity contribution in [2.45, 2.75) is 45.1 Å². The number of nitrogens with one attached hydrogen (secondary N) is 2. The maximum absolute atomic E-state index is 13.7. The van der Waals surface area contributed by atoms with Crippen molar-refractivity contribution in [3.63, 3.8) is 0 Å². The molecule has 7 heteroatoms. The van der Waals surface area contributed by atoms with E-state index in [0.717, 1.165) is 11.1 Å². The van der Waals surface area contributed by atoms with Crippen molar-refractivity contribution in [2.24, 2.45) is 0 Å². The first-order chi connectivity index (χ1) is 15.1. The molecule has 0 fully saturated rings. The number of carbonyl (C=O) groups excluding carboxylic acids is 1. The number of rotatable bonds is 7. The van der Waals surface area contributed by atoms with Crippen LogP contribution < -0.4 is 10.0 Å². The molecule has 0 radical (unpaired) electrons. The molecule has 0 saturated heterocycles. The first kappa shape index (κ1) is 23.6. The van der Waals surface area contributed by atoms with Gasteiger partial charge in [-0.3, -0.25) is 4.79 Å². The standard InChI is InChI=1S/C25H27FN2O3S/c1-16-12-18(3)24(19(4)13-16)32(30,31)28-23(14-20-8-6-5-7-9-20)25(29)27-22-15-21(26)11-10-17(22)2/h5-13,15,23,28H,14H2,1-4H3,(H,27,29). The van der Waals surface area contributed by atoms with Crippen molar-refractivity contribution in [2.75, 3.05) is 5.32 Å². The third-order valence-corrected chi connectivity index (χ3v) is 7.00. The number of sulfonamides is 1. The molecule has 1 amide bonds. The molecule has 5 nitrogen and oxygen atoms in total. The Hall–Kier alpha value is -3.03. The Morgan fingerprint density at radius 2 is 1.53 bits per heavy atom. The molecule has 168 valence electrons. The largest absolute Gasteiger partial charge is 0.324 e. The fraction of sp³-hybridized carbons (Fsp3) is 0.240. The zero-order valence-corrected chi connectivity index (χ0v) is 19.4. The summed E-state index contributed by atoms with van der Waals surface area (Å²) < 4.78 is 42.9. The van der Waals surface area contributed by atoms with Gasteiger partial charge < -0.3 is 5.32 Å². The Morgan fingerprint density at radius 1 is 0.906 bits per heavy atom. The minimum atomic E-state index is -4.00. The van der Waals surface area contributed by atoms with Gasteiger partial charge in [0.15, 0.2) is 0 Å². The number of carbonyl (C=O) groups is 1. The van der Waals surface area contributed by atoms with Gasteiger partial charge >= 0.3 is 0 Å². The summed E-state index contributed by atoms with van der Waals surface area (Å²) >= 11 is 0. The summed E-state index contributed by atoms with van der Waals surface area (Å²) in [6, 6.07) is 15.7. The molecule has 2 N–H and O–H groups in total. The van der Waals surface area contributed by atoms with E-state index in [4.69, 9.17) is 0 Å². The fourth-order valence-electron chi connectivity index (χ4n) is 3.82. The summed E-state index contributed by atoms with van der Waals surface area (Å²) in [5.41, 5.74) is 3.94. The van der Waals surface area contributed by atoms with Gasteiger partial charge in [0.05, 0.1) is 4.90 Å². The molecule has 0 aliphatic rings. The second kappa shape index (κ2) is 9.63. The Balaban J connectivity index is 1.96. The third kappa shape index (κ3) is 5.60. The summed E-state index contributed by atoms with van der Waals surface area (Å²) in [4.78, 5) is 13.3. The van der Waals surface area contributed by atoms with Gasteiger partial charge in [0.2, 0.25) is 15.9 Å². The number of amides is 1. The lowest BCUT2D eigenvalue weighted by Crippen LogP contribution is -2.45. The highest BCUT2D eigenvalue weighted by Gasteiger charge is 2.28. The average molecular weight is 455 g/mol. The highest BCUT2D eigenvalue weighted by molar-refractivity contribution is 7.89. The van der Waals surface area contributed by atoms with E-state index in [0.29, 0.717) is 22.4 Å². The molecule has 0 aliphatic carbocycles. The number of benzene rings is 3. The lowest BCUT2D eigenvalue weighted by atomic mass is 10.1. The number of anilines is 1. The average Bonchev–Trinajstić information content (AvgIpc) is 2.69. The van der Waals surface area contributed by atoms with Crippen LogP contribution in [0.3, 0.4) is 0 Å². The second-order valence-corrected chi connectivity index (χ2v) is 9.69. The molecule has 0 heterocycles. The van der Waals surface area contributed by atoms with Crippen LogP contribution in [0.15, 0.2) is 65.6 Å². The van der Waals surface area contributed by atoms with E-state index in [1.54, 1.807) is 39.0 Å². The van der Waals surface area contributed by atoms with Gasteiger partial charge in [0.25, 0.3) is 0 Å². The molecule has 0 aliphatic heterocycles. The van der Waals surface area contributed by atoms with Crippen molar-refractivity contribution in [3.8, 4) is 0 Å². The fourth-order valence-corrected chi connectivity index (χ4v) is 5.47. The van der Waals surface area contributed by atoms with Crippen LogP contribution in [-0.2, 0) is 21.2 Å². The Labute approximate surface area is 188 Å². The molecule has 3 rings (SSSR count). The van der Waals surface area contributed by atoms with Gasteiger partial charge in [0, 0.05) is 5.69 Å².